The number of halogens is 5. The van der Waals surface area contributed by atoms with Crippen molar-refractivity contribution in [3.63, 3.8) is 0 Å². The van der Waals surface area contributed by atoms with Crippen molar-refractivity contribution >= 4 is 15.9 Å². The quantitative estimate of drug-likeness (QED) is 0.615. The summed E-state index contributed by atoms with van der Waals surface area (Å²) in [6, 6.07) is 0. The van der Waals surface area contributed by atoms with Crippen molar-refractivity contribution in [2.75, 3.05) is 0 Å². The molecular formula is C8H7BrF4O. The zero-order valence-electron chi connectivity index (χ0n) is 6.94. The van der Waals surface area contributed by atoms with E-state index in [1.807, 2.05) is 0 Å². The van der Waals surface area contributed by atoms with Gasteiger partial charge in [0.2, 0.25) is 0 Å². The Morgan fingerprint density at radius 2 is 1.79 bits per heavy atom. The molecule has 1 saturated heterocycles. The fourth-order valence-electron chi connectivity index (χ4n) is 1.91. The Morgan fingerprint density at radius 1 is 1.21 bits per heavy atom. The van der Waals surface area contributed by atoms with Gasteiger partial charge in [-0.15, -0.1) is 0 Å². The highest BCUT2D eigenvalue weighted by Crippen LogP contribution is 2.56. The lowest BCUT2D eigenvalue weighted by atomic mass is 9.83. The molecule has 0 unspecified atom stereocenters. The Hall–Kier alpha value is -0.100. The molecule has 80 valence electrons. The highest BCUT2D eigenvalue weighted by atomic mass is 79.9. The van der Waals surface area contributed by atoms with Gasteiger partial charge in [-0.3, -0.25) is 4.74 Å². The molecule has 1 heterocycles. The fourth-order valence-corrected chi connectivity index (χ4v) is 2.45. The van der Waals surface area contributed by atoms with Crippen molar-refractivity contribution < 1.29 is 22.3 Å². The first-order chi connectivity index (χ1) is 6.33. The lowest BCUT2D eigenvalue weighted by molar-refractivity contribution is -0.341. The van der Waals surface area contributed by atoms with Crippen LogP contribution in [0, 0.1) is 11.8 Å². The predicted octanol–water partition coefficient (Wildman–Crippen LogP) is 3.51. The first kappa shape index (κ1) is 10.4. The van der Waals surface area contributed by atoms with Gasteiger partial charge in [-0.25, -0.2) is 0 Å². The van der Waals surface area contributed by atoms with Gasteiger partial charge in [-0.1, -0.05) is 22.0 Å². The predicted molar refractivity (Wildman–Crippen MR) is 44.2 cm³/mol. The Bertz CT molecular complexity index is 289. The van der Waals surface area contributed by atoms with Crippen LogP contribution >= 0.6 is 15.9 Å². The minimum atomic E-state index is -3.72. The van der Waals surface area contributed by atoms with Gasteiger partial charge in [-0.2, -0.15) is 17.6 Å². The second-order valence-electron chi connectivity index (χ2n) is 3.53. The number of hydrogen-bond donors (Lipinski definition) is 0. The van der Waals surface area contributed by atoms with Crippen molar-refractivity contribution in [1.82, 2.24) is 0 Å². The van der Waals surface area contributed by atoms with E-state index in [1.54, 1.807) is 0 Å². The molecule has 1 aliphatic heterocycles. The van der Waals surface area contributed by atoms with Gasteiger partial charge in [0.15, 0.2) is 0 Å². The van der Waals surface area contributed by atoms with Crippen molar-refractivity contribution in [3.05, 3.63) is 10.6 Å². The SMILES string of the molecule is FC1(F)OC(F)(F)[C@H]2CC=C(Br)C[C@H]21. The highest BCUT2D eigenvalue weighted by Gasteiger charge is 2.66. The molecule has 2 atom stereocenters. The molecule has 0 aromatic carbocycles. The summed E-state index contributed by atoms with van der Waals surface area (Å²) >= 11 is 3.04. The van der Waals surface area contributed by atoms with E-state index in [0.717, 1.165) is 0 Å². The van der Waals surface area contributed by atoms with Crippen molar-refractivity contribution in [3.8, 4) is 0 Å². The molecule has 0 spiro atoms. The van der Waals surface area contributed by atoms with Crippen LogP contribution in [-0.4, -0.2) is 12.2 Å². The third kappa shape index (κ3) is 1.48. The molecule has 0 radical (unpaired) electrons. The topological polar surface area (TPSA) is 9.23 Å². The Morgan fingerprint density at radius 3 is 2.43 bits per heavy atom. The second kappa shape index (κ2) is 2.95. The maximum atomic E-state index is 13.0. The summed E-state index contributed by atoms with van der Waals surface area (Å²) < 4.78 is 56.0. The molecule has 0 N–H and O–H groups in total. The molecule has 1 aliphatic carbocycles. The van der Waals surface area contributed by atoms with Gasteiger partial charge in [0.25, 0.3) is 0 Å². The third-order valence-corrected chi connectivity index (χ3v) is 3.28. The second-order valence-corrected chi connectivity index (χ2v) is 4.55. The third-order valence-electron chi connectivity index (χ3n) is 2.63. The van der Waals surface area contributed by atoms with Gasteiger partial charge >= 0.3 is 12.2 Å². The van der Waals surface area contributed by atoms with E-state index in [9.17, 15) is 17.6 Å². The summed E-state index contributed by atoms with van der Waals surface area (Å²) in [5, 5.41) is 0. The van der Waals surface area contributed by atoms with Crippen LogP contribution in [0.15, 0.2) is 10.6 Å². The number of rotatable bonds is 0. The Kier molecular flexibility index (Phi) is 2.19. The molecule has 0 aromatic rings. The van der Waals surface area contributed by atoms with E-state index in [-0.39, 0.29) is 12.8 Å². The van der Waals surface area contributed by atoms with Crippen LogP contribution in [0.25, 0.3) is 0 Å². The first-order valence-corrected chi connectivity index (χ1v) is 4.92. The van der Waals surface area contributed by atoms with Crippen molar-refractivity contribution in [2.45, 2.75) is 25.1 Å². The summed E-state index contributed by atoms with van der Waals surface area (Å²) in [5.74, 6) is -2.82. The summed E-state index contributed by atoms with van der Waals surface area (Å²) in [6.45, 7) is 0. The lowest BCUT2D eigenvalue weighted by Gasteiger charge is -2.24. The van der Waals surface area contributed by atoms with Gasteiger partial charge in [-0.05, 0) is 17.3 Å². The summed E-state index contributed by atoms with van der Waals surface area (Å²) in [4.78, 5) is 0. The number of ether oxygens (including phenoxy) is 1. The normalized spacial score (nSPS) is 39.1. The van der Waals surface area contributed by atoms with Crippen LogP contribution in [0.4, 0.5) is 17.6 Å². The van der Waals surface area contributed by atoms with Crippen LogP contribution in [0.5, 0.6) is 0 Å². The van der Waals surface area contributed by atoms with Crippen molar-refractivity contribution in [2.24, 2.45) is 11.8 Å². The van der Waals surface area contributed by atoms with Crippen LogP contribution in [0.1, 0.15) is 12.8 Å². The standard InChI is InChI=1S/C8H7BrF4O/c9-4-1-2-5-6(3-4)8(12,13)14-7(5,10)11/h1,5-6H,2-3H2/t5-,6+/m0/s1. The summed E-state index contributed by atoms with van der Waals surface area (Å²) in [5.41, 5.74) is 0. The average Bonchev–Trinajstić information content (AvgIpc) is 2.17. The van der Waals surface area contributed by atoms with E-state index in [0.29, 0.717) is 4.48 Å². The van der Waals surface area contributed by atoms with E-state index < -0.39 is 24.1 Å². The zero-order chi connectivity index (χ0) is 10.6. The number of fused-ring (bicyclic) bond motifs is 1. The summed E-state index contributed by atoms with van der Waals surface area (Å²) in [6.07, 6.45) is -6.10. The van der Waals surface area contributed by atoms with E-state index in [2.05, 4.69) is 20.7 Å². The minimum Gasteiger partial charge on any atom is -0.255 e. The average molecular weight is 275 g/mol. The molecule has 0 aromatic heterocycles. The lowest BCUT2D eigenvalue weighted by Crippen LogP contribution is -2.29. The molecule has 0 saturated carbocycles. The molecular weight excluding hydrogens is 268 g/mol. The van der Waals surface area contributed by atoms with E-state index in [1.165, 1.54) is 6.08 Å². The van der Waals surface area contributed by atoms with Crippen LogP contribution < -0.4 is 0 Å². The van der Waals surface area contributed by atoms with Gasteiger partial charge in [0, 0.05) is 0 Å². The van der Waals surface area contributed by atoms with Crippen molar-refractivity contribution in [1.29, 1.82) is 0 Å². The number of allylic oxidation sites excluding steroid dienone is 2. The smallest absolute Gasteiger partial charge is 0.255 e. The molecule has 0 amide bonds. The molecule has 1 fully saturated rings. The largest absolute Gasteiger partial charge is 0.363 e. The molecule has 1 nitrogen and oxygen atoms in total. The number of hydrogen-bond acceptors (Lipinski definition) is 1. The maximum absolute atomic E-state index is 13.0. The Balaban J connectivity index is 2.32. The molecule has 2 rings (SSSR count). The first-order valence-electron chi connectivity index (χ1n) is 4.13. The van der Waals surface area contributed by atoms with Gasteiger partial charge in [0.05, 0.1) is 11.8 Å². The minimum absolute atomic E-state index is 0.0756. The Labute approximate surface area is 86.2 Å². The van der Waals surface area contributed by atoms with E-state index in [4.69, 9.17) is 0 Å². The number of alkyl halides is 4. The molecule has 0 bridgehead atoms. The summed E-state index contributed by atoms with van der Waals surface area (Å²) in [7, 11) is 0. The highest BCUT2D eigenvalue weighted by molar-refractivity contribution is 9.11. The monoisotopic (exact) mass is 274 g/mol. The zero-order valence-corrected chi connectivity index (χ0v) is 8.53. The van der Waals surface area contributed by atoms with Crippen LogP contribution in [0.3, 0.4) is 0 Å². The maximum Gasteiger partial charge on any atom is 0.363 e. The van der Waals surface area contributed by atoms with Gasteiger partial charge < -0.3 is 0 Å². The molecule has 6 heteroatoms. The van der Waals surface area contributed by atoms with E-state index >= 15 is 0 Å². The van der Waals surface area contributed by atoms with Crippen LogP contribution in [-0.2, 0) is 4.74 Å². The van der Waals surface area contributed by atoms with Crippen LogP contribution in [0.2, 0.25) is 0 Å². The van der Waals surface area contributed by atoms with Gasteiger partial charge in [0.1, 0.15) is 0 Å². The molecule has 2 aliphatic rings. The molecule has 14 heavy (non-hydrogen) atoms. The fraction of sp³-hybridized carbons (Fsp3) is 0.750.